The summed E-state index contributed by atoms with van der Waals surface area (Å²) in [6, 6.07) is 3.26. The molecule has 0 spiro atoms. The van der Waals surface area contributed by atoms with Gasteiger partial charge >= 0.3 is 0 Å². The van der Waals surface area contributed by atoms with Crippen molar-refractivity contribution in [1.29, 1.82) is 0 Å². The highest BCUT2D eigenvalue weighted by Crippen LogP contribution is 2.32. The van der Waals surface area contributed by atoms with Crippen molar-refractivity contribution in [3.8, 4) is 5.75 Å². The van der Waals surface area contributed by atoms with Gasteiger partial charge in [0.15, 0.2) is 17.5 Å². The molecule has 1 aliphatic heterocycles. The number of rotatable bonds is 7. The number of halogens is 3. The maximum atomic E-state index is 13.5. The van der Waals surface area contributed by atoms with Gasteiger partial charge in [0.2, 0.25) is 0 Å². The molecule has 1 fully saturated rings. The second kappa shape index (κ2) is 11.8. The molecular formula is C17H26F2IN3O2S. The molecule has 2 N–H and O–H groups in total. The van der Waals surface area contributed by atoms with E-state index in [-0.39, 0.29) is 41.1 Å². The Morgan fingerprint density at radius 2 is 2.04 bits per heavy atom. The minimum absolute atomic E-state index is 0. The summed E-state index contributed by atoms with van der Waals surface area (Å²) in [5, 5.41) is 6.46. The molecule has 148 valence electrons. The lowest BCUT2D eigenvalue weighted by Crippen LogP contribution is -2.48. The molecule has 0 saturated carbocycles. The van der Waals surface area contributed by atoms with Crippen molar-refractivity contribution >= 4 is 41.7 Å². The summed E-state index contributed by atoms with van der Waals surface area (Å²) in [5.74, 6) is -0.620. The highest BCUT2D eigenvalue weighted by Gasteiger charge is 2.31. The van der Waals surface area contributed by atoms with E-state index < -0.39 is 11.6 Å². The number of hydrogen-bond acceptors (Lipinski definition) is 4. The van der Waals surface area contributed by atoms with Crippen molar-refractivity contribution in [3.63, 3.8) is 0 Å². The Hall–Kier alpha value is -0.810. The van der Waals surface area contributed by atoms with E-state index in [1.165, 1.54) is 12.1 Å². The Bertz CT molecular complexity index is 587. The van der Waals surface area contributed by atoms with Crippen molar-refractivity contribution < 1.29 is 18.3 Å². The van der Waals surface area contributed by atoms with Crippen LogP contribution < -0.4 is 15.4 Å². The predicted molar refractivity (Wildman–Crippen MR) is 113 cm³/mol. The number of ether oxygens (including phenoxy) is 2. The summed E-state index contributed by atoms with van der Waals surface area (Å²) in [7, 11) is 1.70. The zero-order valence-corrected chi connectivity index (χ0v) is 18.2. The summed E-state index contributed by atoms with van der Waals surface area (Å²) in [5.41, 5.74) is 0. The van der Waals surface area contributed by atoms with E-state index >= 15 is 0 Å². The largest absolute Gasteiger partial charge is 0.489 e. The number of benzene rings is 1. The molecule has 1 aliphatic rings. The molecule has 1 aromatic rings. The van der Waals surface area contributed by atoms with Crippen LogP contribution in [0.3, 0.4) is 0 Å². The van der Waals surface area contributed by atoms with Crippen LogP contribution in [0, 0.1) is 11.6 Å². The van der Waals surface area contributed by atoms with E-state index in [1.54, 1.807) is 7.05 Å². The Balaban J connectivity index is 0.00000338. The summed E-state index contributed by atoms with van der Waals surface area (Å²) in [6.45, 7) is 3.05. The van der Waals surface area contributed by atoms with Gasteiger partial charge in [-0.3, -0.25) is 4.99 Å². The average molecular weight is 501 g/mol. The van der Waals surface area contributed by atoms with Crippen molar-refractivity contribution in [2.24, 2.45) is 4.99 Å². The number of guanidine groups is 1. The number of aliphatic imine (C=N–C) groups is 1. The van der Waals surface area contributed by atoms with Gasteiger partial charge in [-0.15, -0.1) is 24.0 Å². The molecule has 9 heteroatoms. The first-order chi connectivity index (χ1) is 12.1. The number of nitrogens with one attached hydrogen (secondary N) is 2. The van der Waals surface area contributed by atoms with Crippen molar-refractivity contribution in [3.05, 3.63) is 29.8 Å². The van der Waals surface area contributed by atoms with Crippen LogP contribution in [0.4, 0.5) is 8.78 Å². The van der Waals surface area contributed by atoms with Gasteiger partial charge in [-0.1, -0.05) is 0 Å². The topological polar surface area (TPSA) is 54.9 Å². The first-order valence-corrected chi connectivity index (χ1v) is 9.46. The number of thioether (sulfide) groups is 1. The van der Waals surface area contributed by atoms with E-state index in [0.717, 1.165) is 38.7 Å². The lowest BCUT2D eigenvalue weighted by molar-refractivity contribution is 0.0783. The summed E-state index contributed by atoms with van der Waals surface area (Å²) < 4.78 is 37.2. The van der Waals surface area contributed by atoms with Crippen molar-refractivity contribution in [2.45, 2.75) is 17.6 Å². The van der Waals surface area contributed by atoms with Gasteiger partial charge in [0.1, 0.15) is 12.4 Å². The standard InChI is InChI=1S/C17H25F2N3O2S.HI/c1-20-16(22-12-17(25-2)5-8-23-9-6-17)21-7-10-24-15-4-3-13(18)11-14(15)19;/h3-4,11H,5-10,12H2,1-2H3,(H2,20,21,22);1H. The average Bonchev–Trinajstić information content (AvgIpc) is 2.63. The second-order valence-corrected chi connectivity index (χ2v) is 7.05. The van der Waals surface area contributed by atoms with Crippen LogP contribution in [-0.4, -0.2) is 56.9 Å². The molecule has 1 saturated heterocycles. The molecule has 5 nitrogen and oxygen atoms in total. The molecule has 1 aromatic carbocycles. The maximum Gasteiger partial charge on any atom is 0.191 e. The van der Waals surface area contributed by atoms with Gasteiger partial charge in [0.25, 0.3) is 0 Å². The molecule has 26 heavy (non-hydrogen) atoms. The highest BCUT2D eigenvalue weighted by atomic mass is 127. The van der Waals surface area contributed by atoms with E-state index in [4.69, 9.17) is 9.47 Å². The summed E-state index contributed by atoms with van der Waals surface area (Å²) in [4.78, 5) is 4.19. The smallest absolute Gasteiger partial charge is 0.191 e. The van der Waals surface area contributed by atoms with Gasteiger partial charge in [-0.2, -0.15) is 11.8 Å². The van der Waals surface area contributed by atoms with E-state index in [0.29, 0.717) is 12.5 Å². The Labute approximate surface area is 174 Å². The highest BCUT2D eigenvalue weighted by molar-refractivity contribution is 14.0. The minimum atomic E-state index is -0.705. The third-order valence-corrected chi connectivity index (χ3v) is 5.60. The quantitative estimate of drug-likeness (QED) is 0.261. The third kappa shape index (κ3) is 7.07. The van der Waals surface area contributed by atoms with Crippen LogP contribution in [0.5, 0.6) is 5.75 Å². The van der Waals surface area contributed by atoms with Crippen LogP contribution >= 0.6 is 35.7 Å². The van der Waals surface area contributed by atoms with Crippen LogP contribution in [0.2, 0.25) is 0 Å². The van der Waals surface area contributed by atoms with Gasteiger partial charge in [0.05, 0.1) is 6.54 Å². The SMILES string of the molecule is CN=C(NCCOc1ccc(F)cc1F)NCC1(SC)CCOCC1.I. The molecular weight excluding hydrogens is 475 g/mol. The van der Waals surface area contributed by atoms with Crippen LogP contribution in [-0.2, 0) is 4.74 Å². The van der Waals surface area contributed by atoms with E-state index in [1.807, 2.05) is 11.8 Å². The molecule has 0 radical (unpaired) electrons. The number of hydrogen-bond donors (Lipinski definition) is 2. The van der Waals surface area contributed by atoms with Crippen LogP contribution in [0.25, 0.3) is 0 Å². The molecule has 2 rings (SSSR count). The normalized spacial score (nSPS) is 16.5. The van der Waals surface area contributed by atoms with E-state index in [2.05, 4.69) is 21.9 Å². The lowest BCUT2D eigenvalue weighted by atomic mass is 9.99. The molecule has 1 heterocycles. The Morgan fingerprint density at radius 3 is 2.65 bits per heavy atom. The molecule has 0 unspecified atom stereocenters. The van der Waals surface area contributed by atoms with Gasteiger partial charge < -0.3 is 20.1 Å². The fourth-order valence-corrected chi connectivity index (χ4v) is 3.38. The first-order valence-electron chi connectivity index (χ1n) is 8.24. The van der Waals surface area contributed by atoms with Gasteiger partial charge in [-0.25, -0.2) is 8.78 Å². The third-order valence-electron chi connectivity index (χ3n) is 4.18. The summed E-state index contributed by atoms with van der Waals surface area (Å²) >= 11 is 1.85. The molecule has 0 aliphatic carbocycles. The molecule has 0 atom stereocenters. The zero-order valence-electron chi connectivity index (χ0n) is 15.0. The zero-order chi connectivity index (χ0) is 18.1. The van der Waals surface area contributed by atoms with Crippen LogP contribution in [0.1, 0.15) is 12.8 Å². The molecule has 0 aromatic heterocycles. The fourth-order valence-electron chi connectivity index (χ4n) is 2.58. The monoisotopic (exact) mass is 501 g/mol. The van der Waals surface area contributed by atoms with E-state index in [9.17, 15) is 8.78 Å². The fraction of sp³-hybridized carbons (Fsp3) is 0.588. The second-order valence-electron chi connectivity index (χ2n) is 5.78. The predicted octanol–water partition coefficient (Wildman–Crippen LogP) is 3.04. The molecule has 0 amide bonds. The first kappa shape index (κ1) is 23.2. The molecule has 0 bridgehead atoms. The Kier molecular flexibility index (Phi) is 10.6. The van der Waals surface area contributed by atoms with Gasteiger partial charge in [0, 0.05) is 37.6 Å². The lowest BCUT2D eigenvalue weighted by Gasteiger charge is -2.36. The van der Waals surface area contributed by atoms with Gasteiger partial charge in [-0.05, 0) is 31.2 Å². The van der Waals surface area contributed by atoms with Crippen molar-refractivity contribution in [1.82, 2.24) is 10.6 Å². The van der Waals surface area contributed by atoms with Crippen LogP contribution in [0.15, 0.2) is 23.2 Å². The maximum absolute atomic E-state index is 13.5. The van der Waals surface area contributed by atoms with Crippen molar-refractivity contribution in [2.75, 3.05) is 46.2 Å². The minimum Gasteiger partial charge on any atom is -0.489 e. The Morgan fingerprint density at radius 1 is 1.31 bits per heavy atom. The number of nitrogens with zero attached hydrogens (tertiary/aromatic N) is 1. The summed E-state index contributed by atoms with van der Waals surface area (Å²) in [6.07, 6.45) is 4.13.